The van der Waals surface area contributed by atoms with Gasteiger partial charge in [-0.05, 0) is 65.8 Å². The molecule has 2 aromatic carbocycles. The van der Waals surface area contributed by atoms with Gasteiger partial charge in [0, 0.05) is 0 Å². The third kappa shape index (κ3) is 7.27. The van der Waals surface area contributed by atoms with Crippen LogP contribution in [-0.4, -0.2) is 0 Å². The summed E-state index contributed by atoms with van der Waals surface area (Å²) < 4.78 is 0. The van der Waals surface area contributed by atoms with Crippen LogP contribution in [0.5, 0.6) is 0 Å². The fourth-order valence-corrected chi connectivity index (χ4v) is 2.63. The first-order valence-electron chi connectivity index (χ1n) is 9.34. The van der Waals surface area contributed by atoms with Gasteiger partial charge in [-0.1, -0.05) is 87.1 Å². The lowest BCUT2D eigenvalue weighted by Gasteiger charge is -1.99. The van der Waals surface area contributed by atoms with Gasteiger partial charge >= 0.3 is 0 Å². The molecule has 0 atom stereocenters. The predicted octanol–water partition coefficient (Wildman–Crippen LogP) is 6.71. The molecular weight excluding hydrogens is 300 g/mol. The maximum Gasteiger partial charge on any atom is -0.0109 e. The van der Waals surface area contributed by atoms with Crippen molar-refractivity contribution in [2.75, 3.05) is 0 Å². The van der Waals surface area contributed by atoms with Crippen molar-refractivity contribution in [1.29, 1.82) is 0 Å². The summed E-state index contributed by atoms with van der Waals surface area (Å²) in [5.41, 5.74) is 5.21. The van der Waals surface area contributed by atoms with Crippen LogP contribution < -0.4 is 0 Å². The van der Waals surface area contributed by atoms with Gasteiger partial charge in [0.1, 0.15) is 0 Å². The average Bonchev–Trinajstić information content (AvgIpc) is 2.65. The second-order valence-corrected chi connectivity index (χ2v) is 6.29. The van der Waals surface area contributed by atoms with Crippen molar-refractivity contribution >= 4 is 12.2 Å². The minimum atomic E-state index is 1.15. The van der Waals surface area contributed by atoms with E-state index in [2.05, 4.69) is 86.4 Å². The topological polar surface area (TPSA) is 0 Å². The smallest absolute Gasteiger partial charge is 0.0109 e. The highest BCUT2D eigenvalue weighted by atomic mass is 14.0. The van der Waals surface area contributed by atoms with Gasteiger partial charge in [0.25, 0.3) is 0 Å². The Labute approximate surface area is 153 Å². The average molecular weight is 328 g/mol. The highest BCUT2D eigenvalue weighted by Gasteiger charge is 1.92. The number of unbranched alkanes of at least 4 members (excludes halogenated alkanes) is 1. The molecule has 0 aliphatic rings. The molecule has 0 heterocycles. The van der Waals surface area contributed by atoms with Gasteiger partial charge in [-0.15, -0.1) is 0 Å². The molecule has 0 unspecified atom stereocenters. The highest BCUT2D eigenvalue weighted by Crippen LogP contribution is 2.09. The minimum absolute atomic E-state index is 1.15. The molecule has 0 amide bonds. The number of aryl methyl sites for hydroxylation is 2. The van der Waals surface area contributed by atoms with E-state index in [1.807, 2.05) is 12.2 Å². The Morgan fingerprint density at radius 2 is 1.12 bits per heavy atom. The molecule has 2 aromatic rings. The van der Waals surface area contributed by atoms with Crippen molar-refractivity contribution in [3.63, 3.8) is 0 Å². The second kappa shape index (κ2) is 11.1. The van der Waals surface area contributed by atoms with Crippen LogP contribution in [0, 0.1) is 11.8 Å². The first-order valence-corrected chi connectivity index (χ1v) is 9.34. The summed E-state index contributed by atoms with van der Waals surface area (Å²) in [6.07, 6.45) is 13.9. The van der Waals surface area contributed by atoms with Gasteiger partial charge in [-0.3, -0.25) is 0 Å². The van der Waals surface area contributed by atoms with Gasteiger partial charge < -0.3 is 0 Å². The largest absolute Gasteiger partial charge is 0.0702 e. The first kappa shape index (κ1) is 18.8. The maximum atomic E-state index is 3.07. The van der Waals surface area contributed by atoms with E-state index in [0.717, 1.165) is 6.42 Å². The maximum absolute atomic E-state index is 3.07. The lowest BCUT2D eigenvalue weighted by molar-refractivity contribution is 0.795. The van der Waals surface area contributed by atoms with E-state index < -0.39 is 0 Å². The molecule has 0 spiro atoms. The SMILES string of the molecule is CCCCc1ccc(C=CC#CC=Cc2ccc(CCC)cc2)cc1. The molecule has 0 fully saturated rings. The minimum Gasteiger partial charge on any atom is -0.0702 e. The van der Waals surface area contributed by atoms with Crippen LogP contribution in [0.4, 0.5) is 0 Å². The van der Waals surface area contributed by atoms with E-state index in [9.17, 15) is 0 Å². The third-order valence-corrected chi connectivity index (χ3v) is 4.12. The van der Waals surface area contributed by atoms with Crippen molar-refractivity contribution in [2.45, 2.75) is 46.0 Å². The standard InChI is InChI=1S/C25H28/c1-3-5-11-23-18-20-25(21-19-23)13-9-7-6-8-12-24-16-14-22(10-4-2)15-17-24/h8-9,12-21H,3-5,10-11H2,1-2H3. The fourth-order valence-electron chi connectivity index (χ4n) is 2.63. The number of hydrogen-bond acceptors (Lipinski definition) is 0. The molecule has 0 N–H and O–H groups in total. The number of benzene rings is 2. The Balaban J connectivity index is 1.83. The fraction of sp³-hybridized carbons (Fsp3) is 0.280. The van der Waals surface area contributed by atoms with E-state index in [0.29, 0.717) is 0 Å². The molecule has 0 radical (unpaired) electrons. The summed E-state index contributed by atoms with van der Waals surface area (Å²) in [6, 6.07) is 17.4. The van der Waals surface area contributed by atoms with E-state index in [-0.39, 0.29) is 0 Å². The molecule has 0 saturated carbocycles. The zero-order valence-corrected chi connectivity index (χ0v) is 15.5. The van der Waals surface area contributed by atoms with Gasteiger partial charge in [-0.2, -0.15) is 0 Å². The lowest BCUT2D eigenvalue weighted by atomic mass is 10.1. The second-order valence-electron chi connectivity index (χ2n) is 6.29. The van der Waals surface area contributed by atoms with E-state index in [1.165, 1.54) is 47.9 Å². The summed E-state index contributed by atoms with van der Waals surface area (Å²) in [5, 5.41) is 0. The molecule has 0 aliphatic heterocycles. The van der Waals surface area contributed by atoms with E-state index in [1.54, 1.807) is 0 Å². The first-order chi connectivity index (χ1) is 12.3. The van der Waals surface area contributed by atoms with Crippen molar-refractivity contribution in [2.24, 2.45) is 0 Å². The quantitative estimate of drug-likeness (QED) is 0.495. The Morgan fingerprint density at radius 1 is 0.640 bits per heavy atom. The van der Waals surface area contributed by atoms with Crippen LogP contribution >= 0.6 is 0 Å². The normalized spacial score (nSPS) is 11.0. The zero-order chi connectivity index (χ0) is 17.7. The van der Waals surface area contributed by atoms with Gasteiger partial charge in [-0.25, -0.2) is 0 Å². The zero-order valence-electron chi connectivity index (χ0n) is 15.5. The van der Waals surface area contributed by atoms with Gasteiger partial charge in [0.2, 0.25) is 0 Å². The Bertz CT molecular complexity index is 731. The molecule has 2 rings (SSSR count). The highest BCUT2D eigenvalue weighted by molar-refractivity contribution is 5.56. The number of rotatable bonds is 7. The molecule has 0 bridgehead atoms. The van der Waals surface area contributed by atoms with Crippen molar-refractivity contribution in [3.8, 4) is 11.8 Å². The molecule has 25 heavy (non-hydrogen) atoms. The molecular formula is C25H28. The molecule has 0 aromatic heterocycles. The van der Waals surface area contributed by atoms with Gasteiger partial charge in [0.15, 0.2) is 0 Å². The molecule has 0 saturated heterocycles. The van der Waals surface area contributed by atoms with Crippen LogP contribution in [0.1, 0.15) is 55.4 Å². The lowest BCUT2D eigenvalue weighted by Crippen LogP contribution is -1.83. The predicted molar refractivity (Wildman–Crippen MR) is 111 cm³/mol. The number of hydrogen-bond donors (Lipinski definition) is 0. The Morgan fingerprint density at radius 3 is 1.56 bits per heavy atom. The molecule has 0 nitrogen and oxygen atoms in total. The van der Waals surface area contributed by atoms with E-state index >= 15 is 0 Å². The van der Waals surface area contributed by atoms with Crippen molar-refractivity contribution < 1.29 is 0 Å². The monoisotopic (exact) mass is 328 g/mol. The van der Waals surface area contributed by atoms with Crippen LogP contribution in [0.3, 0.4) is 0 Å². The summed E-state index contributed by atoms with van der Waals surface area (Å²) in [6.45, 7) is 4.43. The summed E-state index contributed by atoms with van der Waals surface area (Å²) in [4.78, 5) is 0. The Hall–Kier alpha value is -2.52. The summed E-state index contributed by atoms with van der Waals surface area (Å²) in [7, 11) is 0. The molecule has 0 aliphatic carbocycles. The van der Waals surface area contributed by atoms with Crippen LogP contribution in [0.2, 0.25) is 0 Å². The van der Waals surface area contributed by atoms with Crippen molar-refractivity contribution in [1.82, 2.24) is 0 Å². The van der Waals surface area contributed by atoms with Crippen LogP contribution in [-0.2, 0) is 12.8 Å². The molecule has 128 valence electrons. The third-order valence-electron chi connectivity index (χ3n) is 4.12. The summed E-state index contributed by atoms with van der Waals surface area (Å²) in [5.74, 6) is 6.13. The van der Waals surface area contributed by atoms with Crippen molar-refractivity contribution in [3.05, 3.63) is 82.9 Å². The van der Waals surface area contributed by atoms with Gasteiger partial charge in [0.05, 0.1) is 0 Å². The molecule has 0 heteroatoms. The van der Waals surface area contributed by atoms with Crippen LogP contribution in [0.15, 0.2) is 60.7 Å². The van der Waals surface area contributed by atoms with E-state index in [4.69, 9.17) is 0 Å². The number of allylic oxidation sites excluding steroid dienone is 2. The summed E-state index contributed by atoms with van der Waals surface area (Å²) >= 11 is 0. The van der Waals surface area contributed by atoms with Crippen LogP contribution in [0.25, 0.3) is 12.2 Å². The Kier molecular flexibility index (Phi) is 8.36.